The van der Waals surface area contributed by atoms with Gasteiger partial charge < -0.3 is 4.74 Å². The Labute approximate surface area is 108 Å². The lowest BCUT2D eigenvalue weighted by molar-refractivity contribution is -0.151. The predicted octanol–water partition coefficient (Wildman–Crippen LogP) is 3.27. The Bertz CT molecular complexity index is 436. The largest absolute Gasteiger partial charge is 0.370 e. The average molecular weight is 301 g/mol. The molecule has 1 aromatic rings. The van der Waals surface area contributed by atoms with E-state index in [2.05, 4.69) is 15.9 Å². The van der Waals surface area contributed by atoms with Crippen molar-refractivity contribution in [2.75, 3.05) is 7.11 Å². The Morgan fingerprint density at radius 3 is 2.71 bits per heavy atom. The number of halogens is 2. The first kappa shape index (κ1) is 12.7. The maximum absolute atomic E-state index is 13.1. The van der Waals surface area contributed by atoms with Crippen LogP contribution in [-0.4, -0.2) is 18.5 Å². The maximum atomic E-state index is 13.1. The normalized spacial score (nSPS) is 17.6. The number of benzene rings is 1. The van der Waals surface area contributed by atoms with Gasteiger partial charge in [-0.3, -0.25) is 4.79 Å². The minimum Gasteiger partial charge on any atom is -0.370 e. The molecular formula is C13H14BrFO2. The summed E-state index contributed by atoms with van der Waals surface area (Å²) in [6, 6.07) is 4.65. The molecule has 0 aromatic heterocycles. The van der Waals surface area contributed by atoms with Crippen molar-refractivity contribution in [2.24, 2.45) is 0 Å². The van der Waals surface area contributed by atoms with Gasteiger partial charge in [-0.25, -0.2) is 4.39 Å². The van der Waals surface area contributed by atoms with Crippen molar-refractivity contribution >= 4 is 21.7 Å². The third-order valence-electron chi connectivity index (χ3n) is 3.41. The van der Waals surface area contributed by atoms with Crippen LogP contribution in [0, 0.1) is 5.82 Å². The molecule has 0 spiro atoms. The molecule has 0 amide bonds. The van der Waals surface area contributed by atoms with Gasteiger partial charge in [0.25, 0.3) is 0 Å². The first-order valence-electron chi connectivity index (χ1n) is 5.60. The highest BCUT2D eigenvalue weighted by Crippen LogP contribution is 2.36. The predicted molar refractivity (Wildman–Crippen MR) is 66.4 cm³/mol. The van der Waals surface area contributed by atoms with E-state index in [-0.39, 0.29) is 11.6 Å². The molecule has 0 N–H and O–H groups in total. The number of ketones is 1. The average Bonchev–Trinajstić information content (AvgIpc) is 2.23. The summed E-state index contributed by atoms with van der Waals surface area (Å²) in [4.78, 5) is 12.1. The number of methoxy groups -OCH3 is 1. The van der Waals surface area contributed by atoms with Gasteiger partial charge in [-0.15, -0.1) is 0 Å². The van der Waals surface area contributed by atoms with Gasteiger partial charge in [0.05, 0.1) is 4.47 Å². The summed E-state index contributed by atoms with van der Waals surface area (Å²) < 4.78 is 18.8. The molecule has 2 nitrogen and oxygen atoms in total. The molecule has 0 radical (unpaired) electrons. The molecule has 17 heavy (non-hydrogen) atoms. The number of Topliss-reactive ketones (excluding diaryl/α,β-unsaturated/α-hetero) is 1. The molecule has 0 heterocycles. The Morgan fingerprint density at radius 1 is 1.53 bits per heavy atom. The zero-order chi connectivity index (χ0) is 12.5. The van der Waals surface area contributed by atoms with Crippen LogP contribution in [0.25, 0.3) is 0 Å². The van der Waals surface area contributed by atoms with Gasteiger partial charge in [-0.1, -0.05) is 6.07 Å². The van der Waals surface area contributed by atoms with Crippen LogP contribution in [0.5, 0.6) is 0 Å². The number of carbonyl (C=O) groups is 1. The smallest absolute Gasteiger partial charge is 0.168 e. The van der Waals surface area contributed by atoms with Crippen LogP contribution in [0.2, 0.25) is 0 Å². The summed E-state index contributed by atoms with van der Waals surface area (Å²) in [7, 11) is 1.58. The molecule has 1 fully saturated rings. The van der Waals surface area contributed by atoms with Gasteiger partial charge in [0.15, 0.2) is 5.78 Å². The van der Waals surface area contributed by atoms with E-state index in [4.69, 9.17) is 4.74 Å². The minimum atomic E-state index is -0.582. The van der Waals surface area contributed by atoms with Crippen molar-refractivity contribution in [3.63, 3.8) is 0 Å². The fourth-order valence-corrected chi connectivity index (χ4v) is 2.52. The van der Waals surface area contributed by atoms with Crippen LogP contribution in [0.4, 0.5) is 4.39 Å². The van der Waals surface area contributed by atoms with E-state index in [9.17, 15) is 9.18 Å². The molecule has 2 rings (SSSR count). The molecule has 0 aliphatic heterocycles. The molecule has 0 bridgehead atoms. The number of hydrogen-bond acceptors (Lipinski definition) is 2. The van der Waals surface area contributed by atoms with Crippen molar-refractivity contribution in [3.05, 3.63) is 34.1 Å². The van der Waals surface area contributed by atoms with E-state index in [0.717, 1.165) is 24.8 Å². The van der Waals surface area contributed by atoms with Crippen LogP contribution in [0.3, 0.4) is 0 Å². The Morgan fingerprint density at radius 2 is 2.24 bits per heavy atom. The minimum absolute atomic E-state index is 0.0877. The third-order valence-corrected chi connectivity index (χ3v) is 4.02. The van der Waals surface area contributed by atoms with E-state index in [1.165, 1.54) is 6.07 Å². The van der Waals surface area contributed by atoms with Crippen molar-refractivity contribution in [1.29, 1.82) is 0 Å². The van der Waals surface area contributed by atoms with Gasteiger partial charge in [0, 0.05) is 13.5 Å². The Balaban J connectivity index is 2.10. The molecule has 1 aliphatic rings. The first-order chi connectivity index (χ1) is 8.07. The van der Waals surface area contributed by atoms with Gasteiger partial charge >= 0.3 is 0 Å². The number of ether oxygens (including phenoxy) is 1. The lowest BCUT2D eigenvalue weighted by atomic mass is 9.75. The van der Waals surface area contributed by atoms with E-state index < -0.39 is 5.60 Å². The second-order valence-corrected chi connectivity index (χ2v) is 5.25. The Hall–Kier alpha value is -0.740. The molecule has 1 aliphatic carbocycles. The summed E-state index contributed by atoms with van der Waals surface area (Å²) in [5, 5.41) is 0. The molecule has 92 valence electrons. The summed E-state index contributed by atoms with van der Waals surface area (Å²) in [6.45, 7) is 0. The SMILES string of the molecule is COC1(C(=O)Cc2ccc(F)c(Br)c2)CCC1. The topological polar surface area (TPSA) is 26.3 Å². The number of hydrogen-bond donors (Lipinski definition) is 0. The van der Waals surface area contributed by atoms with Gasteiger partial charge in [-0.2, -0.15) is 0 Å². The first-order valence-corrected chi connectivity index (χ1v) is 6.39. The number of rotatable bonds is 4. The lowest BCUT2D eigenvalue weighted by Gasteiger charge is -2.38. The molecule has 0 saturated heterocycles. The highest BCUT2D eigenvalue weighted by atomic mass is 79.9. The summed E-state index contributed by atoms with van der Waals surface area (Å²) in [6.07, 6.45) is 2.93. The van der Waals surface area contributed by atoms with Crippen molar-refractivity contribution in [3.8, 4) is 0 Å². The summed E-state index contributed by atoms with van der Waals surface area (Å²) in [5.74, 6) is -0.226. The molecule has 0 unspecified atom stereocenters. The Kier molecular flexibility index (Phi) is 3.64. The quantitative estimate of drug-likeness (QED) is 0.853. The monoisotopic (exact) mass is 300 g/mol. The van der Waals surface area contributed by atoms with Gasteiger partial charge in [0.1, 0.15) is 11.4 Å². The van der Waals surface area contributed by atoms with Crippen molar-refractivity contribution in [2.45, 2.75) is 31.3 Å². The lowest BCUT2D eigenvalue weighted by Crippen LogP contribution is -2.47. The molecule has 1 aromatic carbocycles. The van der Waals surface area contributed by atoms with Crippen molar-refractivity contribution in [1.82, 2.24) is 0 Å². The molecule has 0 atom stereocenters. The van der Waals surface area contributed by atoms with Crippen LogP contribution in [0.1, 0.15) is 24.8 Å². The summed E-state index contributed by atoms with van der Waals surface area (Å²) in [5.41, 5.74) is 0.229. The fourth-order valence-electron chi connectivity index (χ4n) is 2.09. The third kappa shape index (κ3) is 2.43. The second-order valence-electron chi connectivity index (χ2n) is 4.40. The molecule has 4 heteroatoms. The number of carbonyl (C=O) groups excluding carboxylic acids is 1. The van der Waals surface area contributed by atoms with E-state index in [1.54, 1.807) is 19.2 Å². The molecular weight excluding hydrogens is 287 g/mol. The maximum Gasteiger partial charge on any atom is 0.168 e. The van der Waals surface area contributed by atoms with E-state index >= 15 is 0 Å². The zero-order valence-electron chi connectivity index (χ0n) is 9.63. The van der Waals surface area contributed by atoms with Gasteiger partial charge in [0.2, 0.25) is 0 Å². The standard InChI is InChI=1S/C13H14BrFO2/c1-17-13(5-2-6-13)12(16)8-9-3-4-11(15)10(14)7-9/h3-4,7H,2,5-6,8H2,1H3. The van der Waals surface area contributed by atoms with Crippen LogP contribution in [-0.2, 0) is 16.0 Å². The second kappa shape index (κ2) is 4.86. The van der Waals surface area contributed by atoms with Crippen molar-refractivity contribution < 1.29 is 13.9 Å². The van der Waals surface area contributed by atoms with Gasteiger partial charge in [-0.05, 0) is 52.9 Å². The van der Waals surface area contributed by atoms with E-state index in [0.29, 0.717) is 10.9 Å². The highest BCUT2D eigenvalue weighted by Gasteiger charge is 2.43. The van der Waals surface area contributed by atoms with Crippen LogP contribution >= 0.6 is 15.9 Å². The van der Waals surface area contributed by atoms with Crippen LogP contribution < -0.4 is 0 Å². The van der Waals surface area contributed by atoms with E-state index in [1.807, 2.05) is 0 Å². The molecule has 1 saturated carbocycles. The highest BCUT2D eigenvalue weighted by molar-refractivity contribution is 9.10. The summed E-state index contributed by atoms with van der Waals surface area (Å²) >= 11 is 3.12. The fraction of sp³-hybridized carbons (Fsp3) is 0.462. The zero-order valence-corrected chi connectivity index (χ0v) is 11.2. The van der Waals surface area contributed by atoms with Crippen LogP contribution in [0.15, 0.2) is 22.7 Å².